The van der Waals surface area contributed by atoms with Gasteiger partial charge in [-0.3, -0.25) is 0 Å². The van der Waals surface area contributed by atoms with Crippen LogP contribution in [0.5, 0.6) is 0 Å². The lowest BCUT2D eigenvalue weighted by molar-refractivity contribution is 0.318. The molecule has 2 aromatic carbocycles. The summed E-state index contributed by atoms with van der Waals surface area (Å²) in [5, 5.41) is 21.1. The normalized spacial score (nSPS) is 11.8. The van der Waals surface area contributed by atoms with Crippen molar-refractivity contribution in [1.82, 2.24) is 20.0 Å². The van der Waals surface area contributed by atoms with Crippen LogP contribution in [-0.2, 0) is 0 Å². The number of aromatic nitrogens is 4. The van der Waals surface area contributed by atoms with Crippen LogP contribution in [0.3, 0.4) is 0 Å². The Kier molecular flexibility index (Phi) is 3.70. The highest BCUT2D eigenvalue weighted by Gasteiger charge is 2.11. The number of rotatable bonds is 3. The number of anilines is 1. The summed E-state index contributed by atoms with van der Waals surface area (Å²) in [5.74, 6) is 0.478. The van der Waals surface area contributed by atoms with Crippen LogP contribution < -0.4 is 11.5 Å². The van der Waals surface area contributed by atoms with Crippen LogP contribution in [0.25, 0.3) is 27.8 Å². The van der Waals surface area contributed by atoms with Crippen molar-refractivity contribution in [3.63, 3.8) is 0 Å². The summed E-state index contributed by atoms with van der Waals surface area (Å²) in [6, 6.07) is 16.6. The summed E-state index contributed by atoms with van der Waals surface area (Å²) in [4.78, 5) is 4.34. The SMILES string of the molecule is N/C(=N\O)c1ccc(-n2cc(-c3cc(N)nc4ccccc34)nn2)cc1. The lowest BCUT2D eigenvalue weighted by Crippen LogP contribution is -2.12. The quantitative estimate of drug-likeness (QED) is 0.226. The number of benzene rings is 2. The third kappa shape index (κ3) is 2.69. The second-order valence-electron chi connectivity index (χ2n) is 5.69. The van der Waals surface area contributed by atoms with Gasteiger partial charge < -0.3 is 16.7 Å². The van der Waals surface area contributed by atoms with Gasteiger partial charge in [0.25, 0.3) is 0 Å². The predicted molar refractivity (Wildman–Crippen MR) is 99.0 cm³/mol. The molecule has 0 aliphatic rings. The summed E-state index contributed by atoms with van der Waals surface area (Å²) in [5.41, 5.74) is 15.3. The highest BCUT2D eigenvalue weighted by Crippen LogP contribution is 2.28. The van der Waals surface area contributed by atoms with Gasteiger partial charge in [-0.05, 0) is 36.4 Å². The maximum Gasteiger partial charge on any atom is 0.170 e. The third-order valence-corrected chi connectivity index (χ3v) is 4.04. The summed E-state index contributed by atoms with van der Waals surface area (Å²) in [6.45, 7) is 0. The molecule has 2 heterocycles. The van der Waals surface area contributed by atoms with Crippen molar-refractivity contribution in [2.45, 2.75) is 0 Å². The molecule has 0 saturated carbocycles. The van der Waals surface area contributed by atoms with Crippen LogP contribution >= 0.6 is 0 Å². The summed E-state index contributed by atoms with van der Waals surface area (Å²) in [6.07, 6.45) is 1.82. The molecule has 4 rings (SSSR count). The molecule has 0 amide bonds. The largest absolute Gasteiger partial charge is 0.409 e. The average molecular weight is 345 g/mol. The highest BCUT2D eigenvalue weighted by atomic mass is 16.4. The molecule has 0 aliphatic heterocycles. The standard InChI is InChI=1S/C18H15N7O/c19-17-9-14(13-3-1-2-4-15(13)21-17)16-10-25(24-22-16)12-7-5-11(6-8-12)18(20)23-26/h1-10,26H,(H2,19,21)(H2,20,23). The van der Waals surface area contributed by atoms with Gasteiger partial charge in [-0.15, -0.1) is 5.10 Å². The number of pyridine rings is 1. The number of oxime groups is 1. The molecule has 128 valence electrons. The smallest absolute Gasteiger partial charge is 0.170 e. The first-order valence-corrected chi connectivity index (χ1v) is 7.82. The molecule has 0 spiro atoms. The first-order valence-electron chi connectivity index (χ1n) is 7.82. The van der Waals surface area contributed by atoms with Crippen LogP contribution in [0.15, 0.2) is 65.9 Å². The number of amidine groups is 1. The van der Waals surface area contributed by atoms with E-state index in [0.29, 0.717) is 17.1 Å². The Morgan fingerprint density at radius 1 is 1.08 bits per heavy atom. The van der Waals surface area contributed by atoms with Gasteiger partial charge in [-0.1, -0.05) is 28.6 Å². The Hall–Kier alpha value is -3.94. The Labute approximate surface area is 148 Å². The number of nitrogens with zero attached hydrogens (tertiary/aromatic N) is 5. The van der Waals surface area contributed by atoms with E-state index < -0.39 is 0 Å². The van der Waals surface area contributed by atoms with E-state index in [0.717, 1.165) is 22.2 Å². The molecule has 0 bridgehead atoms. The molecule has 26 heavy (non-hydrogen) atoms. The van der Waals surface area contributed by atoms with Gasteiger partial charge in [-0.2, -0.15) is 0 Å². The Bertz CT molecular complexity index is 1120. The zero-order valence-corrected chi connectivity index (χ0v) is 13.6. The van der Waals surface area contributed by atoms with Gasteiger partial charge in [0.1, 0.15) is 11.5 Å². The molecule has 0 fully saturated rings. The van der Waals surface area contributed by atoms with Crippen molar-refractivity contribution in [2.75, 3.05) is 5.73 Å². The Morgan fingerprint density at radius 2 is 1.85 bits per heavy atom. The summed E-state index contributed by atoms with van der Waals surface area (Å²) >= 11 is 0. The number of fused-ring (bicyclic) bond motifs is 1. The van der Waals surface area contributed by atoms with Crippen LogP contribution in [0, 0.1) is 0 Å². The lowest BCUT2D eigenvalue weighted by Gasteiger charge is -2.05. The fraction of sp³-hybridized carbons (Fsp3) is 0. The van der Waals surface area contributed by atoms with Crippen LogP contribution in [-0.4, -0.2) is 31.0 Å². The molecule has 0 radical (unpaired) electrons. The van der Waals surface area contributed by atoms with E-state index in [1.54, 1.807) is 22.9 Å². The van der Waals surface area contributed by atoms with Crippen molar-refractivity contribution in [3.8, 4) is 16.9 Å². The number of nitrogen functional groups attached to an aromatic ring is 1. The molecular formula is C18H15N7O. The molecule has 0 atom stereocenters. The maximum absolute atomic E-state index is 8.73. The van der Waals surface area contributed by atoms with Gasteiger partial charge in [-0.25, -0.2) is 9.67 Å². The maximum atomic E-state index is 8.73. The molecule has 0 saturated heterocycles. The Balaban J connectivity index is 1.75. The van der Waals surface area contributed by atoms with E-state index in [4.69, 9.17) is 16.7 Å². The van der Waals surface area contributed by atoms with E-state index >= 15 is 0 Å². The molecular weight excluding hydrogens is 330 g/mol. The van der Waals surface area contributed by atoms with Crippen molar-refractivity contribution in [1.29, 1.82) is 0 Å². The molecule has 0 unspecified atom stereocenters. The average Bonchev–Trinajstić information content (AvgIpc) is 3.17. The minimum absolute atomic E-state index is 0.0505. The fourth-order valence-electron chi connectivity index (χ4n) is 2.76. The van der Waals surface area contributed by atoms with E-state index in [1.807, 2.05) is 42.6 Å². The van der Waals surface area contributed by atoms with Gasteiger partial charge in [0.15, 0.2) is 5.84 Å². The van der Waals surface area contributed by atoms with E-state index in [1.165, 1.54) is 0 Å². The number of para-hydroxylation sites is 1. The van der Waals surface area contributed by atoms with Gasteiger partial charge in [0, 0.05) is 16.5 Å². The summed E-state index contributed by atoms with van der Waals surface area (Å²) in [7, 11) is 0. The number of nitrogens with two attached hydrogens (primary N) is 2. The molecule has 4 aromatic rings. The molecule has 0 aliphatic carbocycles. The van der Waals surface area contributed by atoms with Crippen molar-refractivity contribution in [3.05, 3.63) is 66.4 Å². The second-order valence-corrected chi connectivity index (χ2v) is 5.69. The van der Waals surface area contributed by atoms with Crippen LogP contribution in [0.1, 0.15) is 5.56 Å². The molecule has 8 nitrogen and oxygen atoms in total. The zero-order chi connectivity index (χ0) is 18.1. The van der Waals surface area contributed by atoms with Gasteiger partial charge in [0.05, 0.1) is 17.4 Å². The predicted octanol–water partition coefficient (Wildman–Crippen LogP) is 2.16. The van der Waals surface area contributed by atoms with Gasteiger partial charge >= 0.3 is 0 Å². The van der Waals surface area contributed by atoms with Crippen molar-refractivity contribution >= 4 is 22.6 Å². The monoisotopic (exact) mass is 345 g/mol. The molecule has 8 heteroatoms. The minimum atomic E-state index is 0.0505. The van der Waals surface area contributed by atoms with E-state index in [-0.39, 0.29) is 5.84 Å². The van der Waals surface area contributed by atoms with Crippen molar-refractivity contribution in [2.24, 2.45) is 10.9 Å². The molecule has 2 aromatic heterocycles. The third-order valence-electron chi connectivity index (χ3n) is 4.04. The molecule has 5 N–H and O–H groups in total. The Morgan fingerprint density at radius 3 is 2.62 bits per heavy atom. The zero-order valence-electron chi connectivity index (χ0n) is 13.6. The lowest BCUT2D eigenvalue weighted by atomic mass is 10.1. The van der Waals surface area contributed by atoms with E-state index in [2.05, 4.69) is 20.5 Å². The number of hydrogen-bond acceptors (Lipinski definition) is 6. The summed E-state index contributed by atoms with van der Waals surface area (Å²) < 4.78 is 1.65. The second kappa shape index (κ2) is 6.17. The van der Waals surface area contributed by atoms with Crippen molar-refractivity contribution < 1.29 is 5.21 Å². The van der Waals surface area contributed by atoms with Crippen LogP contribution in [0.2, 0.25) is 0 Å². The number of hydrogen-bond donors (Lipinski definition) is 3. The van der Waals surface area contributed by atoms with Crippen LogP contribution in [0.4, 0.5) is 5.82 Å². The van der Waals surface area contributed by atoms with E-state index in [9.17, 15) is 0 Å². The van der Waals surface area contributed by atoms with Gasteiger partial charge in [0.2, 0.25) is 0 Å². The fourth-order valence-corrected chi connectivity index (χ4v) is 2.76. The highest BCUT2D eigenvalue weighted by molar-refractivity contribution is 5.97. The topological polar surface area (TPSA) is 128 Å². The first-order chi connectivity index (χ1) is 12.7. The first kappa shape index (κ1) is 15.6. The minimum Gasteiger partial charge on any atom is -0.409 e.